The molecule has 1 aliphatic heterocycles. The Morgan fingerprint density at radius 1 is 1.22 bits per heavy atom. The van der Waals surface area contributed by atoms with Gasteiger partial charge in [-0.05, 0) is 56.2 Å². The maximum Gasteiger partial charge on any atom is 0.419 e. The summed E-state index contributed by atoms with van der Waals surface area (Å²) in [5, 5.41) is 2.86. The number of piperidine rings is 1. The summed E-state index contributed by atoms with van der Waals surface area (Å²) in [6.07, 6.45) is 1.17. The van der Waals surface area contributed by atoms with Gasteiger partial charge in [-0.2, -0.15) is 4.31 Å². The van der Waals surface area contributed by atoms with Crippen molar-refractivity contribution in [3.63, 3.8) is 0 Å². The van der Waals surface area contributed by atoms with Crippen LogP contribution in [0, 0.1) is 5.92 Å². The van der Waals surface area contributed by atoms with Gasteiger partial charge in [0.25, 0.3) is 0 Å². The summed E-state index contributed by atoms with van der Waals surface area (Å²) >= 11 is 0. The molecule has 9 nitrogen and oxygen atoms in total. The van der Waals surface area contributed by atoms with Gasteiger partial charge in [0, 0.05) is 31.9 Å². The van der Waals surface area contributed by atoms with Crippen molar-refractivity contribution in [1.82, 2.24) is 8.87 Å². The first-order chi connectivity index (χ1) is 15.3. The van der Waals surface area contributed by atoms with Crippen LogP contribution in [-0.4, -0.2) is 42.9 Å². The predicted molar refractivity (Wildman–Crippen MR) is 119 cm³/mol. The highest BCUT2D eigenvalue weighted by Gasteiger charge is 2.33. The molecule has 1 unspecified atom stereocenters. The number of rotatable bonds is 6. The third kappa shape index (κ3) is 4.28. The average Bonchev–Trinajstić information content (AvgIpc) is 3.08. The Hall–Kier alpha value is -3.11. The van der Waals surface area contributed by atoms with Gasteiger partial charge < -0.3 is 14.5 Å². The molecule has 32 heavy (non-hydrogen) atoms. The van der Waals surface area contributed by atoms with Crippen LogP contribution in [0.2, 0.25) is 0 Å². The molecule has 1 aliphatic rings. The Morgan fingerprint density at radius 3 is 2.69 bits per heavy atom. The van der Waals surface area contributed by atoms with Crippen molar-refractivity contribution in [2.75, 3.05) is 25.0 Å². The molecule has 0 bridgehead atoms. The summed E-state index contributed by atoms with van der Waals surface area (Å²) in [6.45, 7) is 2.86. The van der Waals surface area contributed by atoms with Gasteiger partial charge in [0.05, 0.1) is 22.9 Å². The van der Waals surface area contributed by atoms with Crippen molar-refractivity contribution < 1.29 is 22.4 Å². The standard InChI is InChI=1S/C22H25N3O6S/c1-3-30-17-8-6-16(7-9-17)23-21(26)15-5-4-12-25(14-15)32(28,29)18-10-11-19-20(13-18)31-22(27)24(19)2/h6-11,13,15H,3-5,12,14H2,1-2H3,(H,23,26). The molecular weight excluding hydrogens is 434 g/mol. The molecule has 4 rings (SSSR count). The summed E-state index contributed by atoms with van der Waals surface area (Å²) in [5.41, 5.74) is 1.35. The lowest BCUT2D eigenvalue weighted by atomic mass is 9.99. The number of sulfonamides is 1. The van der Waals surface area contributed by atoms with E-state index in [1.165, 1.54) is 21.0 Å². The van der Waals surface area contributed by atoms with E-state index in [2.05, 4.69) is 5.32 Å². The first kappa shape index (κ1) is 22.1. The van der Waals surface area contributed by atoms with Crippen LogP contribution in [0.1, 0.15) is 19.8 Å². The number of aromatic nitrogens is 1. The summed E-state index contributed by atoms with van der Waals surface area (Å²) < 4.78 is 39.6. The fourth-order valence-electron chi connectivity index (χ4n) is 3.84. The second-order valence-corrected chi connectivity index (χ2v) is 9.64. The van der Waals surface area contributed by atoms with E-state index in [9.17, 15) is 18.0 Å². The highest BCUT2D eigenvalue weighted by Crippen LogP contribution is 2.27. The molecule has 0 aliphatic carbocycles. The largest absolute Gasteiger partial charge is 0.494 e. The minimum absolute atomic E-state index is 0.0342. The van der Waals surface area contributed by atoms with Gasteiger partial charge in [0.15, 0.2) is 5.58 Å². The van der Waals surface area contributed by atoms with Crippen LogP contribution >= 0.6 is 0 Å². The molecule has 2 aromatic carbocycles. The van der Waals surface area contributed by atoms with Crippen LogP contribution in [0.15, 0.2) is 56.6 Å². The van der Waals surface area contributed by atoms with Crippen LogP contribution < -0.4 is 15.8 Å². The molecule has 0 spiro atoms. The van der Waals surface area contributed by atoms with E-state index in [1.54, 1.807) is 37.4 Å². The average molecular weight is 460 g/mol. The van der Waals surface area contributed by atoms with Crippen LogP contribution in [-0.2, 0) is 21.9 Å². The molecular formula is C22H25N3O6S. The zero-order chi connectivity index (χ0) is 22.9. The lowest BCUT2D eigenvalue weighted by Crippen LogP contribution is -2.43. The van der Waals surface area contributed by atoms with Crippen LogP contribution in [0.4, 0.5) is 5.69 Å². The molecule has 1 saturated heterocycles. The molecule has 1 fully saturated rings. The number of hydrogen-bond donors (Lipinski definition) is 1. The molecule has 1 N–H and O–H groups in total. The molecule has 1 aromatic heterocycles. The first-order valence-corrected chi connectivity index (χ1v) is 11.9. The third-order valence-electron chi connectivity index (χ3n) is 5.59. The van der Waals surface area contributed by atoms with Gasteiger partial charge >= 0.3 is 5.76 Å². The second kappa shape index (κ2) is 8.79. The fourth-order valence-corrected chi connectivity index (χ4v) is 5.38. The zero-order valence-electron chi connectivity index (χ0n) is 17.9. The van der Waals surface area contributed by atoms with Crippen molar-refractivity contribution in [2.24, 2.45) is 13.0 Å². The van der Waals surface area contributed by atoms with Crippen LogP contribution in [0.25, 0.3) is 11.1 Å². The lowest BCUT2D eigenvalue weighted by molar-refractivity contribution is -0.120. The number of carbonyl (C=O) groups is 1. The van der Waals surface area contributed by atoms with Crippen LogP contribution in [0.3, 0.4) is 0 Å². The Labute approximate surface area is 185 Å². The monoisotopic (exact) mass is 459 g/mol. The van der Waals surface area contributed by atoms with Gasteiger partial charge in [0.1, 0.15) is 5.75 Å². The zero-order valence-corrected chi connectivity index (χ0v) is 18.7. The number of hydrogen-bond acceptors (Lipinski definition) is 6. The van der Waals surface area contributed by atoms with E-state index < -0.39 is 21.7 Å². The normalized spacial score (nSPS) is 17.4. The van der Waals surface area contributed by atoms with E-state index in [-0.39, 0.29) is 22.9 Å². The summed E-state index contributed by atoms with van der Waals surface area (Å²) in [6, 6.07) is 11.4. The Morgan fingerprint density at radius 2 is 1.97 bits per heavy atom. The van der Waals surface area contributed by atoms with E-state index in [0.29, 0.717) is 42.9 Å². The number of ether oxygens (including phenoxy) is 1. The van der Waals surface area contributed by atoms with Crippen molar-refractivity contribution in [2.45, 2.75) is 24.7 Å². The Bertz CT molecular complexity index is 1290. The number of aryl methyl sites for hydroxylation is 1. The summed E-state index contributed by atoms with van der Waals surface area (Å²) in [4.78, 5) is 24.5. The Kier molecular flexibility index (Phi) is 6.07. The number of carbonyl (C=O) groups excluding carboxylic acids is 1. The fraction of sp³-hybridized carbons (Fsp3) is 0.364. The van der Waals surface area contributed by atoms with Crippen LogP contribution in [0.5, 0.6) is 5.75 Å². The van der Waals surface area contributed by atoms with Crippen molar-refractivity contribution in [1.29, 1.82) is 0 Å². The van der Waals surface area contributed by atoms with Crippen molar-refractivity contribution in [3.05, 3.63) is 53.0 Å². The molecule has 3 aromatic rings. The molecule has 1 atom stereocenters. The minimum Gasteiger partial charge on any atom is -0.494 e. The van der Waals surface area contributed by atoms with Crippen molar-refractivity contribution >= 4 is 32.7 Å². The third-order valence-corrected chi connectivity index (χ3v) is 7.45. The summed E-state index contributed by atoms with van der Waals surface area (Å²) in [5.74, 6) is -0.535. The second-order valence-electron chi connectivity index (χ2n) is 7.71. The highest BCUT2D eigenvalue weighted by atomic mass is 32.2. The number of anilines is 1. The first-order valence-electron chi connectivity index (χ1n) is 10.4. The predicted octanol–water partition coefficient (Wildman–Crippen LogP) is 2.57. The van der Waals surface area contributed by atoms with Gasteiger partial charge in [-0.3, -0.25) is 9.36 Å². The van der Waals surface area contributed by atoms with Gasteiger partial charge in [0.2, 0.25) is 15.9 Å². The van der Waals surface area contributed by atoms with E-state index in [4.69, 9.17) is 9.15 Å². The maximum atomic E-state index is 13.2. The molecule has 2 heterocycles. The maximum absolute atomic E-state index is 13.2. The van der Waals surface area contributed by atoms with Crippen molar-refractivity contribution in [3.8, 4) is 5.75 Å². The van der Waals surface area contributed by atoms with Gasteiger partial charge in [-0.25, -0.2) is 13.2 Å². The topological polar surface area (TPSA) is 111 Å². The smallest absolute Gasteiger partial charge is 0.419 e. The van der Waals surface area contributed by atoms with E-state index in [0.717, 1.165) is 0 Å². The highest BCUT2D eigenvalue weighted by molar-refractivity contribution is 7.89. The molecule has 0 radical (unpaired) electrons. The number of nitrogens with one attached hydrogen (secondary N) is 1. The minimum atomic E-state index is -3.84. The number of benzene rings is 2. The summed E-state index contributed by atoms with van der Waals surface area (Å²) in [7, 11) is -2.29. The molecule has 170 valence electrons. The number of nitrogens with zero attached hydrogens (tertiary/aromatic N) is 2. The van der Waals surface area contributed by atoms with Gasteiger partial charge in [-0.15, -0.1) is 0 Å². The lowest BCUT2D eigenvalue weighted by Gasteiger charge is -2.31. The molecule has 0 saturated carbocycles. The van der Waals surface area contributed by atoms with E-state index in [1.807, 2.05) is 6.92 Å². The number of amides is 1. The molecule has 1 amide bonds. The Balaban J connectivity index is 1.49. The number of oxazole rings is 1. The quantitative estimate of drug-likeness (QED) is 0.607. The number of fused-ring (bicyclic) bond motifs is 1. The SMILES string of the molecule is CCOc1ccc(NC(=O)C2CCCN(S(=O)(=O)c3ccc4c(c3)oc(=O)n4C)C2)cc1. The van der Waals surface area contributed by atoms with Gasteiger partial charge in [-0.1, -0.05) is 0 Å². The van der Waals surface area contributed by atoms with E-state index >= 15 is 0 Å². The molecule has 10 heteroatoms.